The molecule has 3 aromatic rings. The Hall–Kier alpha value is -3.62. The van der Waals surface area contributed by atoms with Gasteiger partial charge in [0.15, 0.2) is 5.82 Å². The minimum absolute atomic E-state index is 0.0911. The summed E-state index contributed by atoms with van der Waals surface area (Å²) in [5.74, 6) is 0.136. The van der Waals surface area contributed by atoms with Crippen LogP contribution in [0.2, 0.25) is 0 Å². The Labute approximate surface area is 142 Å². The minimum atomic E-state index is -0.506. The Balaban J connectivity index is 1.89. The van der Waals surface area contributed by atoms with Gasteiger partial charge in [0.2, 0.25) is 0 Å². The average Bonchev–Trinajstić information content (AvgIpc) is 3.01. The molecule has 9 nitrogen and oxygen atoms in total. The first-order valence-electron chi connectivity index (χ1n) is 7.35. The standard InChI is InChI=1S/C16H14N6O3/c1-10-13(7-4-8-14(10)22(24)25)16(23)17-12-6-3-5-11(9-12)15-18-19-20-21(15)2/h3-9H,1-2H3,(H,17,23). The molecule has 0 atom stereocenters. The first kappa shape index (κ1) is 16.2. The maximum absolute atomic E-state index is 12.5. The third-order valence-corrected chi connectivity index (χ3v) is 3.75. The monoisotopic (exact) mass is 338 g/mol. The average molecular weight is 338 g/mol. The second-order valence-electron chi connectivity index (χ2n) is 5.37. The lowest BCUT2D eigenvalue weighted by Crippen LogP contribution is -2.14. The highest BCUT2D eigenvalue weighted by Crippen LogP contribution is 2.23. The molecule has 1 heterocycles. The van der Waals surface area contributed by atoms with Crippen molar-refractivity contribution in [1.82, 2.24) is 20.2 Å². The third kappa shape index (κ3) is 3.20. The summed E-state index contributed by atoms with van der Waals surface area (Å²) < 4.78 is 1.52. The number of carbonyl (C=O) groups excluding carboxylic acids is 1. The second kappa shape index (κ2) is 6.48. The maximum atomic E-state index is 12.5. The van der Waals surface area contributed by atoms with Crippen LogP contribution in [0.3, 0.4) is 0 Å². The van der Waals surface area contributed by atoms with Crippen molar-refractivity contribution in [2.45, 2.75) is 6.92 Å². The first-order valence-corrected chi connectivity index (χ1v) is 7.35. The highest BCUT2D eigenvalue weighted by atomic mass is 16.6. The quantitative estimate of drug-likeness (QED) is 0.576. The van der Waals surface area contributed by atoms with Gasteiger partial charge in [0.05, 0.1) is 4.92 Å². The van der Waals surface area contributed by atoms with Crippen LogP contribution >= 0.6 is 0 Å². The van der Waals surface area contributed by atoms with E-state index >= 15 is 0 Å². The van der Waals surface area contributed by atoms with Crippen molar-refractivity contribution >= 4 is 17.3 Å². The molecule has 3 rings (SSSR count). The van der Waals surface area contributed by atoms with Gasteiger partial charge in [0, 0.05) is 35.5 Å². The van der Waals surface area contributed by atoms with Gasteiger partial charge >= 0.3 is 0 Å². The molecule has 1 N–H and O–H groups in total. The van der Waals surface area contributed by atoms with E-state index in [9.17, 15) is 14.9 Å². The van der Waals surface area contributed by atoms with E-state index < -0.39 is 10.8 Å². The number of nitro benzene ring substituents is 1. The number of carbonyl (C=O) groups is 1. The lowest BCUT2D eigenvalue weighted by molar-refractivity contribution is -0.385. The zero-order valence-corrected chi connectivity index (χ0v) is 13.5. The molecule has 126 valence electrons. The summed E-state index contributed by atoms with van der Waals surface area (Å²) in [7, 11) is 1.72. The van der Waals surface area contributed by atoms with Crippen molar-refractivity contribution in [2.75, 3.05) is 5.32 Å². The molecular formula is C16H14N6O3. The molecule has 0 fully saturated rings. The molecule has 1 amide bonds. The molecule has 2 aromatic carbocycles. The number of rotatable bonds is 4. The number of benzene rings is 2. The maximum Gasteiger partial charge on any atom is 0.273 e. The van der Waals surface area contributed by atoms with Crippen LogP contribution in [0.25, 0.3) is 11.4 Å². The molecule has 0 bridgehead atoms. The Morgan fingerprint density at radius 3 is 2.68 bits per heavy atom. The number of nitrogens with one attached hydrogen (secondary N) is 1. The summed E-state index contributed by atoms with van der Waals surface area (Å²) in [5, 5.41) is 25.0. The number of tetrazole rings is 1. The summed E-state index contributed by atoms with van der Waals surface area (Å²) in [6.45, 7) is 1.55. The van der Waals surface area contributed by atoms with Crippen LogP contribution in [0, 0.1) is 17.0 Å². The predicted octanol–water partition coefficient (Wildman–Crippen LogP) is 2.35. The molecule has 25 heavy (non-hydrogen) atoms. The van der Waals surface area contributed by atoms with Crippen LogP contribution in [0.5, 0.6) is 0 Å². The van der Waals surface area contributed by atoms with Gasteiger partial charge in [0.25, 0.3) is 11.6 Å². The van der Waals surface area contributed by atoms with E-state index in [1.54, 1.807) is 38.2 Å². The van der Waals surface area contributed by atoms with Crippen LogP contribution in [0.15, 0.2) is 42.5 Å². The number of nitro groups is 1. The largest absolute Gasteiger partial charge is 0.322 e. The molecule has 0 saturated heterocycles. The number of amides is 1. The van der Waals surface area contributed by atoms with Gasteiger partial charge < -0.3 is 5.32 Å². The smallest absolute Gasteiger partial charge is 0.273 e. The summed E-state index contributed by atoms with van der Waals surface area (Å²) in [5.41, 5.74) is 1.75. The van der Waals surface area contributed by atoms with Crippen molar-refractivity contribution in [1.29, 1.82) is 0 Å². The lowest BCUT2D eigenvalue weighted by Gasteiger charge is -2.09. The van der Waals surface area contributed by atoms with Crippen LogP contribution in [-0.4, -0.2) is 31.0 Å². The summed E-state index contributed by atoms with van der Waals surface area (Å²) in [6.07, 6.45) is 0. The van der Waals surface area contributed by atoms with Crippen molar-refractivity contribution in [3.05, 3.63) is 63.7 Å². The normalized spacial score (nSPS) is 10.5. The van der Waals surface area contributed by atoms with Crippen molar-refractivity contribution in [3.63, 3.8) is 0 Å². The lowest BCUT2D eigenvalue weighted by atomic mass is 10.1. The number of hydrogen-bond donors (Lipinski definition) is 1. The fourth-order valence-corrected chi connectivity index (χ4v) is 2.48. The van der Waals surface area contributed by atoms with Crippen LogP contribution in [-0.2, 0) is 7.05 Å². The van der Waals surface area contributed by atoms with Gasteiger partial charge in [0.1, 0.15) is 0 Å². The van der Waals surface area contributed by atoms with Gasteiger partial charge in [-0.05, 0) is 35.5 Å². The fraction of sp³-hybridized carbons (Fsp3) is 0.125. The van der Waals surface area contributed by atoms with E-state index in [0.29, 0.717) is 17.1 Å². The van der Waals surface area contributed by atoms with E-state index in [2.05, 4.69) is 20.8 Å². The Morgan fingerprint density at radius 2 is 2.00 bits per heavy atom. The van der Waals surface area contributed by atoms with Crippen LogP contribution < -0.4 is 5.32 Å². The van der Waals surface area contributed by atoms with E-state index in [1.807, 2.05) is 6.07 Å². The number of hydrogen-bond acceptors (Lipinski definition) is 6. The van der Waals surface area contributed by atoms with Gasteiger partial charge in [-0.25, -0.2) is 4.68 Å². The zero-order chi connectivity index (χ0) is 18.0. The summed E-state index contributed by atoms with van der Waals surface area (Å²) in [4.78, 5) is 23.0. The number of nitrogens with zero attached hydrogens (tertiary/aromatic N) is 5. The van der Waals surface area contributed by atoms with E-state index in [4.69, 9.17) is 0 Å². The molecule has 0 radical (unpaired) electrons. The second-order valence-corrected chi connectivity index (χ2v) is 5.37. The highest BCUT2D eigenvalue weighted by molar-refractivity contribution is 6.06. The van der Waals surface area contributed by atoms with Gasteiger partial charge in [-0.2, -0.15) is 0 Å². The Morgan fingerprint density at radius 1 is 1.24 bits per heavy atom. The number of aromatic nitrogens is 4. The molecule has 0 aliphatic heterocycles. The van der Waals surface area contributed by atoms with Crippen molar-refractivity contribution in [2.24, 2.45) is 7.05 Å². The summed E-state index contributed by atoms with van der Waals surface area (Å²) in [6, 6.07) is 11.4. The number of aryl methyl sites for hydroxylation is 1. The Kier molecular flexibility index (Phi) is 4.21. The van der Waals surface area contributed by atoms with E-state index in [0.717, 1.165) is 5.56 Å². The summed E-state index contributed by atoms with van der Waals surface area (Å²) >= 11 is 0. The fourth-order valence-electron chi connectivity index (χ4n) is 2.48. The molecule has 0 aliphatic rings. The molecule has 0 aliphatic carbocycles. The molecule has 9 heteroatoms. The molecule has 0 saturated carbocycles. The van der Waals surface area contributed by atoms with Crippen LogP contribution in [0.1, 0.15) is 15.9 Å². The highest BCUT2D eigenvalue weighted by Gasteiger charge is 2.18. The van der Waals surface area contributed by atoms with Gasteiger partial charge in [-0.1, -0.05) is 18.2 Å². The SMILES string of the molecule is Cc1c(C(=O)Nc2cccc(-c3nnnn3C)c2)cccc1[N+](=O)[O-]. The van der Waals surface area contributed by atoms with Gasteiger partial charge in [-0.15, -0.1) is 5.10 Å². The zero-order valence-electron chi connectivity index (χ0n) is 13.5. The van der Waals surface area contributed by atoms with E-state index in [-0.39, 0.29) is 11.3 Å². The molecule has 1 aromatic heterocycles. The first-order chi connectivity index (χ1) is 12.0. The molecule has 0 unspecified atom stereocenters. The molecule has 0 spiro atoms. The number of anilines is 1. The Bertz CT molecular complexity index is 966. The van der Waals surface area contributed by atoms with Crippen LogP contribution in [0.4, 0.5) is 11.4 Å². The third-order valence-electron chi connectivity index (χ3n) is 3.75. The minimum Gasteiger partial charge on any atom is -0.322 e. The van der Waals surface area contributed by atoms with E-state index in [1.165, 1.54) is 16.8 Å². The van der Waals surface area contributed by atoms with Gasteiger partial charge in [-0.3, -0.25) is 14.9 Å². The van der Waals surface area contributed by atoms with Crippen molar-refractivity contribution < 1.29 is 9.72 Å². The predicted molar refractivity (Wildman–Crippen MR) is 90.0 cm³/mol. The topological polar surface area (TPSA) is 116 Å². The molecular weight excluding hydrogens is 324 g/mol. The van der Waals surface area contributed by atoms with Crippen molar-refractivity contribution in [3.8, 4) is 11.4 Å².